The van der Waals surface area contributed by atoms with Crippen LogP contribution in [0, 0.1) is 16.0 Å². The summed E-state index contributed by atoms with van der Waals surface area (Å²) < 4.78 is 0. The molecule has 0 aliphatic carbocycles. The standard InChI is InChI=1S/C10H9ClN2O4/c11-7-1-2-8(9(3-7)13(16)17)12-4-6(5-12)10(14)15/h1-3,6H,4-5H2,(H,14,15). The van der Waals surface area contributed by atoms with E-state index < -0.39 is 16.8 Å². The van der Waals surface area contributed by atoms with Crippen molar-refractivity contribution < 1.29 is 14.8 Å². The number of halogens is 1. The van der Waals surface area contributed by atoms with Gasteiger partial charge < -0.3 is 10.0 Å². The minimum absolute atomic E-state index is 0.0960. The van der Waals surface area contributed by atoms with E-state index >= 15 is 0 Å². The van der Waals surface area contributed by atoms with Crippen molar-refractivity contribution in [2.45, 2.75) is 0 Å². The number of hydrogen-bond donors (Lipinski definition) is 1. The maximum Gasteiger partial charge on any atom is 0.310 e. The van der Waals surface area contributed by atoms with Crippen molar-refractivity contribution in [2.75, 3.05) is 18.0 Å². The van der Waals surface area contributed by atoms with Gasteiger partial charge in [0.15, 0.2) is 0 Å². The summed E-state index contributed by atoms with van der Waals surface area (Å²) in [6.07, 6.45) is 0. The van der Waals surface area contributed by atoms with Crippen molar-refractivity contribution in [1.82, 2.24) is 0 Å². The number of benzene rings is 1. The first-order valence-corrected chi connectivity index (χ1v) is 5.28. The van der Waals surface area contributed by atoms with Crippen molar-refractivity contribution in [3.05, 3.63) is 33.3 Å². The Labute approximate surface area is 102 Å². The fraction of sp³-hybridized carbons (Fsp3) is 0.300. The second-order valence-corrected chi connectivity index (χ2v) is 4.27. The number of carbonyl (C=O) groups is 1. The van der Waals surface area contributed by atoms with E-state index in [4.69, 9.17) is 16.7 Å². The summed E-state index contributed by atoms with van der Waals surface area (Å²) in [6.45, 7) is 0.579. The molecule has 1 aromatic rings. The van der Waals surface area contributed by atoms with Crippen molar-refractivity contribution >= 4 is 28.9 Å². The number of nitro groups is 1. The third kappa shape index (κ3) is 2.16. The number of nitro benzene ring substituents is 1. The van der Waals surface area contributed by atoms with Gasteiger partial charge in [0.1, 0.15) is 5.69 Å². The Kier molecular flexibility index (Phi) is 2.89. The third-order valence-electron chi connectivity index (χ3n) is 2.71. The first-order chi connectivity index (χ1) is 7.99. The van der Waals surface area contributed by atoms with Crippen LogP contribution in [0.5, 0.6) is 0 Å². The number of nitrogens with zero attached hydrogens (tertiary/aromatic N) is 2. The van der Waals surface area contributed by atoms with Crippen LogP contribution in [0.3, 0.4) is 0 Å². The molecule has 0 unspecified atom stereocenters. The van der Waals surface area contributed by atoms with E-state index in [0.29, 0.717) is 5.69 Å². The molecule has 1 aromatic carbocycles. The molecule has 6 nitrogen and oxygen atoms in total. The Morgan fingerprint density at radius 1 is 1.53 bits per heavy atom. The van der Waals surface area contributed by atoms with Crippen LogP contribution in [0.25, 0.3) is 0 Å². The molecule has 1 fully saturated rings. The molecule has 0 spiro atoms. The van der Waals surface area contributed by atoms with Gasteiger partial charge in [-0.15, -0.1) is 0 Å². The Bertz CT molecular complexity index is 485. The molecule has 1 saturated heterocycles. The molecule has 1 heterocycles. The molecule has 7 heteroatoms. The van der Waals surface area contributed by atoms with Gasteiger partial charge in [0.2, 0.25) is 0 Å². The molecular weight excluding hydrogens is 248 g/mol. The number of carboxylic acids is 1. The molecule has 0 amide bonds. The molecule has 1 aliphatic rings. The van der Waals surface area contributed by atoms with E-state index in [0.717, 1.165) is 0 Å². The Hall–Kier alpha value is -1.82. The van der Waals surface area contributed by atoms with E-state index in [1.807, 2.05) is 0 Å². The number of aliphatic carboxylic acids is 1. The van der Waals surface area contributed by atoms with Gasteiger partial charge in [0.05, 0.1) is 10.8 Å². The molecular formula is C10H9ClN2O4. The summed E-state index contributed by atoms with van der Waals surface area (Å²) in [5.41, 5.74) is 0.318. The maximum absolute atomic E-state index is 10.8. The lowest BCUT2D eigenvalue weighted by Gasteiger charge is -2.38. The van der Waals surface area contributed by atoms with Gasteiger partial charge in [-0.2, -0.15) is 0 Å². The fourth-order valence-electron chi connectivity index (χ4n) is 1.74. The molecule has 0 atom stereocenters. The minimum Gasteiger partial charge on any atom is -0.481 e. The van der Waals surface area contributed by atoms with E-state index in [1.165, 1.54) is 6.07 Å². The smallest absolute Gasteiger partial charge is 0.310 e. The number of rotatable bonds is 3. The highest BCUT2D eigenvalue weighted by Crippen LogP contribution is 2.34. The lowest BCUT2D eigenvalue weighted by atomic mass is 9.99. The van der Waals surface area contributed by atoms with Gasteiger partial charge in [-0.3, -0.25) is 14.9 Å². The van der Waals surface area contributed by atoms with Crippen molar-refractivity contribution in [3.8, 4) is 0 Å². The summed E-state index contributed by atoms with van der Waals surface area (Å²) in [5, 5.41) is 19.9. The highest BCUT2D eigenvalue weighted by atomic mass is 35.5. The summed E-state index contributed by atoms with van der Waals surface area (Å²) in [6, 6.07) is 4.36. The molecule has 0 radical (unpaired) electrons. The molecule has 0 bridgehead atoms. The predicted octanol–water partition coefficient (Wildman–Crippen LogP) is 1.77. The van der Waals surface area contributed by atoms with Gasteiger partial charge in [-0.1, -0.05) is 11.6 Å². The Morgan fingerprint density at radius 2 is 2.18 bits per heavy atom. The summed E-state index contributed by atoms with van der Waals surface area (Å²) in [4.78, 5) is 22.6. The monoisotopic (exact) mass is 256 g/mol. The minimum atomic E-state index is -0.877. The van der Waals surface area contributed by atoms with Gasteiger partial charge in [-0.25, -0.2) is 0 Å². The van der Waals surface area contributed by atoms with E-state index in [2.05, 4.69) is 0 Å². The second-order valence-electron chi connectivity index (χ2n) is 3.83. The van der Waals surface area contributed by atoms with E-state index in [1.54, 1.807) is 17.0 Å². The number of carboxylic acid groups (broad SMARTS) is 1. The van der Waals surface area contributed by atoms with Gasteiger partial charge >= 0.3 is 5.97 Å². The van der Waals surface area contributed by atoms with Crippen molar-refractivity contribution in [2.24, 2.45) is 5.92 Å². The first kappa shape index (κ1) is 11.7. The van der Waals surface area contributed by atoms with Crippen LogP contribution in [-0.2, 0) is 4.79 Å². The zero-order chi connectivity index (χ0) is 12.6. The molecule has 1 N–H and O–H groups in total. The van der Waals surface area contributed by atoms with Crippen molar-refractivity contribution in [1.29, 1.82) is 0 Å². The maximum atomic E-state index is 10.8. The predicted molar refractivity (Wildman–Crippen MR) is 61.4 cm³/mol. The highest BCUT2D eigenvalue weighted by molar-refractivity contribution is 6.30. The topological polar surface area (TPSA) is 83.7 Å². The fourth-order valence-corrected chi connectivity index (χ4v) is 1.91. The normalized spacial score (nSPS) is 15.5. The molecule has 0 saturated carbocycles. The van der Waals surface area contributed by atoms with Gasteiger partial charge in [-0.05, 0) is 12.1 Å². The molecule has 1 aliphatic heterocycles. The highest BCUT2D eigenvalue weighted by Gasteiger charge is 2.35. The average molecular weight is 257 g/mol. The van der Waals surface area contributed by atoms with Crippen molar-refractivity contribution in [3.63, 3.8) is 0 Å². The van der Waals surface area contributed by atoms with Crippen LogP contribution in [-0.4, -0.2) is 29.1 Å². The summed E-state index contributed by atoms with van der Waals surface area (Å²) in [7, 11) is 0. The van der Waals surface area contributed by atoms with Crippen LogP contribution in [0.15, 0.2) is 18.2 Å². The molecule has 17 heavy (non-hydrogen) atoms. The third-order valence-corrected chi connectivity index (χ3v) is 2.94. The van der Waals surface area contributed by atoms with E-state index in [-0.39, 0.29) is 23.8 Å². The van der Waals surface area contributed by atoms with E-state index in [9.17, 15) is 14.9 Å². The lowest BCUT2D eigenvalue weighted by molar-refractivity contribution is -0.384. The second kappa shape index (κ2) is 4.21. The Balaban J connectivity index is 2.23. The number of hydrogen-bond acceptors (Lipinski definition) is 4. The Morgan fingerprint density at radius 3 is 2.71 bits per heavy atom. The van der Waals surface area contributed by atoms with Crippen LogP contribution in [0.1, 0.15) is 0 Å². The lowest BCUT2D eigenvalue weighted by Crippen LogP contribution is -2.50. The SMILES string of the molecule is O=C(O)C1CN(c2ccc(Cl)cc2[N+](=O)[O-])C1. The number of anilines is 1. The molecule has 2 rings (SSSR count). The quantitative estimate of drug-likeness (QED) is 0.658. The van der Waals surface area contributed by atoms with Crippen LogP contribution in [0.2, 0.25) is 5.02 Å². The first-order valence-electron chi connectivity index (χ1n) is 4.90. The average Bonchev–Trinajstić information content (AvgIpc) is 2.16. The van der Waals surface area contributed by atoms with Gasteiger partial charge in [0, 0.05) is 24.2 Å². The van der Waals surface area contributed by atoms with Crippen LogP contribution < -0.4 is 4.90 Å². The molecule has 0 aromatic heterocycles. The summed E-state index contributed by atoms with van der Waals surface area (Å²) in [5.74, 6) is -1.33. The van der Waals surface area contributed by atoms with Crippen LogP contribution in [0.4, 0.5) is 11.4 Å². The largest absolute Gasteiger partial charge is 0.481 e. The summed E-state index contributed by atoms with van der Waals surface area (Å²) >= 11 is 5.69. The van der Waals surface area contributed by atoms with Gasteiger partial charge in [0.25, 0.3) is 5.69 Å². The van der Waals surface area contributed by atoms with Crippen LogP contribution >= 0.6 is 11.6 Å². The molecule has 90 valence electrons. The zero-order valence-electron chi connectivity index (χ0n) is 8.67. The zero-order valence-corrected chi connectivity index (χ0v) is 9.42.